The molecular weight excluding hydrogens is 528 g/mol. The Morgan fingerprint density at radius 3 is 2.55 bits per heavy atom. The van der Waals surface area contributed by atoms with Crippen LogP contribution in [0.15, 0.2) is 36.4 Å². The van der Waals surface area contributed by atoms with Crippen LogP contribution in [-0.2, 0) is 13.0 Å². The van der Waals surface area contributed by atoms with Gasteiger partial charge in [-0.2, -0.15) is 9.97 Å². The molecule has 4 aliphatic heterocycles. The number of hydrogen-bond donors (Lipinski definition) is 1. The number of amides is 1. The maximum absolute atomic E-state index is 11.9. The van der Waals surface area contributed by atoms with Crippen molar-refractivity contribution in [1.82, 2.24) is 19.8 Å². The zero-order valence-corrected chi connectivity index (χ0v) is 23.6. The molecule has 10 heteroatoms. The lowest BCUT2D eigenvalue weighted by atomic mass is 10.0. The van der Waals surface area contributed by atoms with Gasteiger partial charge in [0.1, 0.15) is 12.4 Å². The monoisotopic (exact) mass is 562 g/mol. The fraction of sp³-hybridized carbons (Fsp3) is 0.500. The molecule has 3 aromatic rings. The number of nitrogens with zero attached hydrogens (tertiary/aromatic N) is 6. The van der Waals surface area contributed by atoms with Crippen molar-refractivity contribution in [1.29, 1.82) is 0 Å². The molecule has 0 spiro atoms. The van der Waals surface area contributed by atoms with Gasteiger partial charge in [-0.25, -0.2) is 4.79 Å². The number of likely N-dealkylation sites (tertiary alicyclic amines) is 1. The largest absolute Gasteiger partial charge is 0.465 e. The molecular formula is C30H35ClN6O3. The summed E-state index contributed by atoms with van der Waals surface area (Å²) in [6, 6.07) is 13.1. The van der Waals surface area contributed by atoms with Crippen molar-refractivity contribution in [2.45, 2.75) is 56.8 Å². The van der Waals surface area contributed by atoms with E-state index in [1.54, 1.807) is 4.90 Å². The first-order valence-electron chi connectivity index (χ1n) is 14.4. The first kappa shape index (κ1) is 25.7. The summed E-state index contributed by atoms with van der Waals surface area (Å²) in [7, 11) is 2.15. The third-order valence-corrected chi connectivity index (χ3v) is 9.62. The van der Waals surface area contributed by atoms with Crippen molar-refractivity contribution in [2.75, 3.05) is 49.6 Å². The lowest BCUT2D eigenvalue weighted by Crippen LogP contribution is -2.56. The van der Waals surface area contributed by atoms with Gasteiger partial charge in [0.05, 0.1) is 24.3 Å². The van der Waals surface area contributed by atoms with Crippen molar-refractivity contribution < 1.29 is 14.6 Å². The smallest absolute Gasteiger partial charge is 0.407 e. The molecule has 7 rings (SSSR count). The van der Waals surface area contributed by atoms with Crippen LogP contribution in [0.4, 0.5) is 16.3 Å². The second-order valence-corrected chi connectivity index (χ2v) is 12.0. The molecule has 2 aromatic carbocycles. The predicted octanol–water partition coefficient (Wildman–Crippen LogP) is 4.65. The molecule has 9 nitrogen and oxygen atoms in total. The molecule has 1 N–H and O–H groups in total. The highest BCUT2D eigenvalue weighted by Crippen LogP contribution is 2.38. The average molecular weight is 563 g/mol. The summed E-state index contributed by atoms with van der Waals surface area (Å²) < 4.78 is 6.28. The minimum atomic E-state index is -0.813. The molecule has 0 aliphatic carbocycles. The second-order valence-electron chi connectivity index (χ2n) is 11.6. The van der Waals surface area contributed by atoms with Gasteiger partial charge in [0.15, 0.2) is 0 Å². The predicted molar refractivity (Wildman–Crippen MR) is 156 cm³/mol. The quantitative estimate of drug-likeness (QED) is 0.481. The fourth-order valence-corrected chi connectivity index (χ4v) is 7.44. The highest BCUT2D eigenvalue weighted by molar-refractivity contribution is 6.35. The molecule has 0 saturated carbocycles. The number of carboxylic acid groups (broad SMARTS) is 1. The molecule has 0 unspecified atom stereocenters. The van der Waals surface area contributed by atoms with Gasteiger partial charge in [0, 0.05) is 52.7 Å². The minimum Gasteiger partial charge on any atom is -0.465 e. The topological polar surface area (TPSA) is 85.3 Å². The number of carbonyl (C=O) groups is 1. The third kappa shape index (κ3) is 4.49. The van der Waals surface area contributed by atoms with Gasteiger partial charge >= 0.3 is 12.1 Å². The summed E-state index contributed by atoms with van der Waals surface area (Å²) in [5.74, 6) is 0.919. The molecule has 1 amide bonds. The van der Waals surface area contributed by atoms with Gasteiger partial charge < -0.3 is 24.5 Å². The molecule has 0 radical (unpaired) electrons. The number of hydrogen-bond acceptors (Lipinski definition) is 7. The molecule has 2 bridgehead atoms. The number of piperazine rings is 1. The number of benzene rings is 2. The average Bonchev–Trinajstić information content (AvgIpc) is 3.49. The Morgan fingerprint density at radius 2 is 1.80 bits per heavy atom. The van der Waals surface area contributed by atoms with Crippen LogP contribution in [0.2, 0.25) is 5.02 Å². The third-order valence-electron chi connectivity index (χ3n) is 9.29. The van der Waals surface area contributed by atoms with Crippen molar-refractivity contribution in [2.24, 2.45) is 0 Å². The summed E-state index contributed by atoms with van der Waals surface area (Å²) in [5.41, 5.74) is 3.29. The number of halogens is 1. The van der Waals surface area contributed by atoms with Crippen LogP contribution in [-0.4, -0.2) is 88.9 Å². The van der Waals surface area contributed by atoms with E-state index in [4.69, 9.17) is 26.3 Å². The van der Waals surface area contributed by atoms with Crippen LogP contribution >= 0.6 is 11.6 Å². The summed E-state index contributed by atoms with van der Waals surface area (Å²) in [4.78, 5) is 30.5. The van der Waals surface area contributed by atoms with Crippen molar-refractivity contribution in [3.63, 3.8) is 0 Å². The van der Waals surface area contributed by atoms with Crippen LogP contribution < -0.4 is 14.5 Å². The Labute approximate surface area is 239 Å². The second kappa shape index (κ2) is 10.3. The van der Waals surface area contributed by atoms with Crippen molar-refractivity contribution in [3.8, 4) is 6.01 Å². The van der Waals surface area contributed by atoms with Crippen molar-refractivity contribution >= 4 is 40.0 Å². The first-order chi connectivity index (χ1) is 19.5. The Morgan fingerprint density at radius 1 is 1.02 bits per heavy atom. The Hall–Kier alpha value is -3.30. The van der Waals surface area contributed by atoms with Gasteiger partial charge in [-0.3, -0.25) is 4.90 Å². The van der Waals surface area contributed by atoms with E-state index in [1.807, 2.05) is 12.1 Å². The van der Waals surface area contributed by atoms with E-state index in [1.165, 1.54) is 6.42 Å². The van der Waals surface area contributed by atoms with E-state index in [2.05, 4.69) is 46.0 Å². The lowest BCUT2D eigenvalue weighted by Gasteiger charge is -2.41. The SMILES string of the molecule is CN1CCC[C@H]1COc1nc2c(c(N3C[C@H]4CC[C@@H](C3)N4C(=O)O)n1)CCN(c1cccc3c(Cl)cccc13)C2. The van der Waals surface area contributed by atoms with Crippen LogP contribution in [0, 0.1) is 0 Å². The van der Waals surface area contributed by atoms with Gasteiger partial charge in [0.2, 0.25) is 0 Å². The molecule has 4 aliphatic rings. The standard InChI is InChI=1S/C30H35ClN6O3/c1-34-13-4-5-21(34)18-40-29-32-26-17-35(27-9-3-6-22-23(27)7-2-8-25(22)31)14-12-24(26)28(33-29)36-15-19-10-11-20(16-36)37(19)30(38)39/h2-3,6-9,19-21H,4-5,10-18H2,1H3,(H,38,39)/t19-,20+,21-/m0/s1. The molecule has 3 fully saturated rings. The highest BCUT2D eigenvalue weighted by Gasteiger charge is 2.44. The van der Waals surface area contributed by atoms with E-state index in [0.717, 1.165) is 77.3 Å². The van der Waals surface area contributed by atoms with Crippen LogP contribution in [0.3, 0.4) is 0 Å². The molecule has 210 valence electrons. The maximum atomic E-state index is 11.9. The van der Waals surface area contributed by atoms with Crippen molar-refractivity contribution in [3.05, 3.63) is 52.7 Å². The van der Waals surface area contributed by atoms with Gasteiger partial charge in [-0.15, -0.1) is 0 Å². The van der Waals surface area contributed by atoms with E-state index in [-0.39, 0.29) is 12.1 Å². The Bertz CT molecular complexity index is 1440. The summed E-state index contributed by atoms with van der Waals surface area (Å²) in [5, 5.41) is 12.7. The highest BCUT2D eigenvalue weighted by atomic mass is 35.5. The van der Waals surface area contributed by atoms with E-state index in [9.17, 15) is 9.90 Å². The lowest BCUT2D eigenvalue weighted by molar-refractivity contribution is 0.114. The van der Waals surface area contributed by atoms with Crippen LogP contribution in [0.1, 0.15) is 36.9 Å². The molecule has 1 aromatic heterocycles. The van der Waals surface area contributed by atoms with Crippen LogP contribution in [0.25, 0.3) is 10.8 Å². The molecule has 5 heterocycles. The number of likely N-dealkylation sites (N-methyl/N-ethyl adjacent to an activating group) is 1. The zero-order valence-electron chi connectivity index (χ0n) is 22.8. The van der Waals surface area contributed by atoms with Gasteiger partial charge in [-0.05, 0) is 57.8 Å². The maximum Gasteiger partial charge on any atom is 0.407 e. The van der Waals surface area contributed by atoms with E-state index in [0.29, 0.717) is 38.3 Å². The fourth-order valence-electron chi connectivity index (χ4n) is 7.20. The minimum absolute atomic E-state index is 0.00103. The Kier molecular flexibility index (Phi) is 6.59. The van der Waals surface area contributed by atoms with Gasteiger partial charge in [0.25, 0.3) is 0 Å². The van der Waals surface area contributed by atoms with Gasteiger partial charge in [-0.1, -0.05) is 35.9 Å². The number of rotatable bonds is 5. The molecule has 3 saturated heterocycles. The van der Waals surface area contributed by atoms with Crippen LogP contribution in [0.5, 0.6) is 6.01 Å². The van der Waals surface area contributed by atoms with E-state index >= 15 is 0 Å². The number of ether oxygens (including phenoxy) is 1. The van der Waals surface area contributed by atoms with E-state index < -0.39 is 6.09 Å². The molecule has 3 atom stereocenters. The summed E-state index contributed by atoms with van der Waals surface area (Å²) in [6.07, 6.45) is 4.09. The summed E-state index contributed by atoms with van der Waals surface area (Å²) >= 11 is 6.53. The number of anilines is 2. The first-order valence-corrected chi connectivity index (χ1v) is 14.8. The normalized spacial score (nSPS) is 24.6. The Balaban J connectivity index is 1.22. The zero-order chi connectivity index (χ0) is 27.4. The summed E-state index contributed by atoms with van der Waals surface area (Å²) in [6.45, 7) is 4.45. The molecule has 40 heavy (non-hydrogen) atoms. The number of aromatic nitrogens is 2. The number of fused-ring (bicyclic) bond motifs is 4.